The van der Waals surface area contributed by atoms with Crippen LogP contribution in [0.5, 0.6) is 0 Å². The van der Waals surface area contributed by atoms with Gasteiger partial charge in [-0.2, -0.15) is 0 Å². The molecule has 2 heterocycles. The van der Waals surface area contributed by atoms with Crippen LogP contribution in [0.3, 0.4) is 0 Å². The summed E-state index contributed by atoms with van der Waals surface area (Å²) in [5, 5.41) is 1.88. The number of hydrogen-bond donors (Lipinski definition) is 0. The van der Waals surface area contributed by atoms with Gasteiger partial charge in [0.2, 0.25) is 5.78 Å². The van der Waals surface area contributed by atoms with Crippen LogP contribution in [0.2, 0.25) is 0 Å². The molecule has 1 fully saturated rings. The van der Waals surface area contributed by atoms with Gasteiger partial charge in [0.15, 0.2) is 6.10 Å². The number of esters is 1. The van der Waals surface area contributed by atoms with E-state index in [4.69, 9.17) is 4.74 Å². The maximum Gasteiger partial charge on any atom is 0.309 e. The first-order valence-corrected chi connectivity index (χ1v) is 10.8. The van der Waals surface area contributed by atoms with E-state index in [1.807, 2.05) is 50.4 Å². The molecule has 0 bridgehead atoms. The van der Waals surface area contributed by atoms with Crippen LogP contribution in [0.25, 0.3) is 0 Å². The first-order chi connectivity index (χ1) is 13.8. The van der Waals surface area contributed by atoms with Crippen LogP contribution in [0.1, 0.15) is 56.5 Å². The molecule has 6 heteroatoms. The van der Waals surface area contributed by atoms with Gasteiger partial charge in [-0.05, 0) is 74.7 Å². The van der Waals surface area contributed by atoms with Crippen LogP contribution in [0.15, 0.2) is 29.6 Å². The van der Waals surface area contributed by atoms with Gasteiger partial charge >= 0.3 is 5.97 Å². The molecule has 0 unspecified atom stereocenters. The average molecular weight is 414 g/mol. The standard InChI is InChI=1S/C23H27NO4S/c1-14-12-16(3)19(13-15(14)2)21(25)17(4)28-23(27)18-7-9-24(10-8-18)22(26)20-6-5-11-29-20/h5-6,11-13,17-18H,7-10H2,1-4H3/t17-/m0/s1. The van der Waals surface area contributed by atoms with Crippen LogP contribution in [0, 0.1) is 26.7 Å². The van der Waals surface area contributed by atoms with Gasteiger partial charge in [0.25, 0.3) is 5.91 Å². The highest BCUT2D eigenvalue weighted by Crippen LogP contribution is 2.23. The number of hydrogen-bond acceptors (Lipinski definition) is 5. The number of ketones is 1. The van der Waals surface area contributed by atoms with Crippen LogP contribution in [-0.4, -0.2) is 41.8 Å². The fourth-order valence-corrected chi connectivity index (χ4v) is 4.33. The second-order valence-corrected chi connectivity index (χ2v) is 8.69. The Balaban J connectivity index is 1.56. The molecule has 1 saturated heterocycles. The van der Waals surface area contributed by atoms with E-state index in [-0.39, 0.29) is 23.6 Å². The quantitative estimate of drug-likeness (QED) is 0.540. The summed E-state index contributed by atoms with van der Waals surface area (Å²) in [5.41, 5.74) is 3.67. The van der Waals surface area contributed by atoms with Crippen molar-refractivity contribution in [1.29, 1.82) is 0 Å². The number of carbonyl (C=O) groups is 3. The summed E-state index contributed by atoms with van der Waals surface area (Å²) < 4.78 is 5.51. The molecule has 0 aliphatic carbocycles. The fourth-order valence-electron chi connectivity index (χ4n) is 3.64. The maximum atomic E-state index is 12.8. The van der Waals surface area contributed by atoms with E-state index in [1.54, 1.807) is 11.8 Å². The van der Waals surface area contributed by atoms with E-state index < -0.39 is 6.10 Å². The largest absolute Gasteiger partial charge is 0.454 e. The van der Waals surface area contributed by atoms with E-state index in [0.29, 0.717) is 36.4 Å². The van der Waals surface area contributed by atoms with E-state index in [2.05, 4.69) is 0 Å². The van der Waals surface area contributed by atoms with Gasteiger partial charge in [-0.1, -0.05) is 12.1 Å². The number of rotatable bonds is 5. The average Bonchev–Trinajstić information content (AvgIpc) is 3.24. The molecule has 1 amide bonds. The normalized spacial score (nSPS) is 15.8. The highest BCUT2D eigenvalue weighted by Gasteiger charge is 2.31. The zero-order valence-electron chi connectivity index (χ0n) is 17.4. The smallest absolute Gasteiger partial charge is 0.309 e. The van der Waals surface area contributed by atoms with Gasteiger partial charge in [-0.3, -0.25) is 14.4 Å². The molecule has 3 rings (SSSR count). The number of piperidine rings is 1. The van der Waals surface area contributed by atoms with Gasteiger partial charge in [0.1, 0.15) is 0 Å². The zero-order chi connectivity index (χ0) is 21.1. The molecule has 1 atom stereocenters. The third-order valence-corrected chi connectivity index (χ3v) is 6.47. The van der Waals surface area contributed by atoms with Crippen LogP contribution >= 0.6 is 11.3 Å². The van der Waals surface area contributed by atoms with Crippen LogP contribution in [0.4, 0.5) is 0 Å². The summed E-state index contributed by atoms with van der Waals surface area (Å²) in [5.74, 6) is -0.793. The lowest BCUT2D eigenvalue weighted by molar-refractivity contribution is -0.152. The molecule has 29 heavy (non-hydrogen) atoms. The number of thiophene rings is 1. The third-order valence-electron chi connectivity index (χ3n) is 5.62. The van der Waals surface area contributed by atoms with Crippen molar-refractivity contribution in [3.8, 4) is 0 Å². The lowest BCUT2D eigenvalue weighted by atomic mass is 9.95. The first-order valence-electron chi connectivity index (χ1n) is 9.93. The van der Waals surface area contributed by atoms with Crippen molar-refractivity contribution in [3.05, 3.63) is 56.8 Å². The summed E-state index contributed by atoms with van der Waals surface area (Å²) in [6.45, 7) is 8.55. The number of ether oxygens (including phenoxy) is 1. The predicted octanol–water partition coefficient (Wildman–Crippen LogP) is 4.34. The molecule has 1 aromatic carbocycles. The van der Waals surface area contributed by atoms with E-state index in [1.165, 1.54) is 11.3 Å². The van der Waals surface area contributed by atoms with Crippen molar-refractivity contribution >= 4 is 29.0 Å². The Morgan fingerprint density at radius 2 is 1.72 bits per heavy atom. The topological polar surface area (TPSA) is 63.7 Å². The molecule has 1 aromatic heterocycles. The van der Waals surface area contributed by atoms with Gasteiger partial charge in [0.05, 0.1) is 10.8 Å². The van der Waals surface area contributed by atoms with Crippen molar-refractivity contribution in [2.45, 2.75) is 46.6 Å². The van der Waals surface area contributed by atoms with Gasteiger partial charge in [-0.25, -0.2) is 0 Å². The number of amides is 1. The number of aryl methyl sites for hydroxylation is 3. The number of carbonyl (C=O) groups excluding carboxylic acids is 3. The summed E-state index contributed by atoms with van der Waals surface area (Å²) in [7, 11) is 0. The van der Waals surface area contributed by atoms with Crippen molar-refractivity contribution in [2.24, 2.45) is 5.92 Å². The van der Waals surface area contributed by atoms with Gasteiger partial charge in [-0.15, -0.1) is 11.3 Å². The van der Waals surface area contributed by atoms with Crippen LogP contribution in [-0.2, 0) is 9.53 Å². The lowest BCUT2D eigenvalue weighted by Gasteiger charge is -2.31. The highest BCUT2D eigenvalue weighted by molar-refractivity contribution is 7.12. The summed E-state index contributed by atoms with van der Waals surface area (Å²) in [6, 6.07) is 7.52. The second kappa shape index (κ2) is 8.91. The Morgan fingerprint density at radius 1 is 1.07 bits per heavy atom. The summed E-state index contributed by atoms with van der Waals surface area (Å²) in [6.07, 6.45) is 0.285. The monoisotopic (exact) mass is 413 g/mol. The van der Waals surface area contributed by atoms with Crippen molar-refractivity contribution < 1.29 is 19.1 Å². The Morgan fingerprint density at radius 3 is 2.34 bits per heavy atom. The molecule has 0 saturated carbocycles. The minimum atomic E-state index is -0.825. The van der Waals surface area contributed by atoms with E-state index in [0.717, 1.165) is 16.7 Å². The van der Waals surface area contributed by atoms with Gasteiger partial charge < -0.3 is 9.64 Å². The molecule has 0 radical (unpaired) electrons. The third kappa shape index (κ3) is 4.75. The molecular formula is C23H27NO4S. The predicted molar refractivity (Wildman–Crippen MR) is 113 cm³/mol. The Kier molecular flexibility index (Phi) is 6.52. The van der Waals surface area contributed by atoms with Crippen molar-refractivity contribution in [3.63, 3.8) is 0 Å². The number of nitrogens with zero attached hydrogens (tertiary/aromatic N) is 1. The zero-order valence-corrected chi connectivity index (χ0v) is 18.2. The van der Waals surface area contributed by atoms with E-state index >= 15 is 0 Å². The second-order valence-electron chi connectivity index (χ2n) is 7.74. The molecular weight excluding hydrogens is 386 g/mol. The molecule has 1 aliphatic heterocycles. The van der Waals surface area contributed by atoms with Crippen molar-refractivity contribution in [2.75, 3.05) is 13.1 Å². The SMILES string of the molecule is Cc1cc(C)c(C(=O)[C@H](C)OC(=O)C2CCN(C(=O)c3cccs3)CC2)cc1C. The molecule has 0 N–H and O–H groups in total. The molecule has 154 valence electrons. The minimum absolute atomic E-state index is 0.0144. The summed E-state index contributed by atoms with van der Waals surface area (Å²) >= 11 is 1.42. The van der Waals surface area contributed by atoms with Crippen LogP contribution < -0.4 is 0 Å². The molecule has 5 nitrogen and oxygen atoms in total. The first kappa shape index (κ1) is 21.2. The molecule has 1 aliphatic rings. The maximum absolute atomic E-state index is 12.8. The molecule has 0 spiro atoms. The Labute approximate surface area is 175 Å². The number of Topliss-reactive ketones (excluding diaryl/α,β-unsaturated/α-hetero) is 1. The fraction of sp³-hybridized carbons (Fsp3) is 0.435. The summed E-state index contributed by atoms with van der Waals surface area (Å²) in [4.78, 5) is 40.3. The Bertz CT molecular complexity index is 911. The lowest BCUT2D eigenvalue weighted by Crippen LogP contribution is -2.41. The molecule has 2 aromatic rings. The van der Waals surface area contributed by atoms with E-state index in [9.17, 15) is 14.4 Å². The Hall–Kier alpha value is -2.47. The highest BCUT2D eigenvalue weighted by atomic mass is 32.1. The van der Waals surface area contributed by atoms with Gasteiger partial charge in [0, 0.05) is 18.7 Å². The number of likely N-dealkylation sites (tertiary alicyclic amines) is 1. The van der Waals surface area contributed by atoms with Crippen molar-refractivity contribution in [1.82, 2.24) is 4.90 Å². The minimum Gasteiger partial charge on any atom is -0.454 e. The number of benzene rings is 1.